The smallest absolute Gasteiger partial charge is 0.260 e. The number of anilines is 1. The number of amides is 1. The van der Waals surface area contributed by atoms with Crippen LogP contribution in [0.15, 0.2) is 47.6 Å². The summed E-state index contributed by atoms with van der Waals surface area (Å²) in [5, 5.41) is 4.56. The zero-order valence-corrected chi connectivity index (χ0v) is 16.4. The third-order valence-corrected chi connectivity index (χ3v) is 5.16. The summed E-state index contributed by atoms with van der Waals surface area (Å²) >= 11 is 12.0. The van der Waals surface area contributed by atoms with E-state index in [1.807, 2.05) is 13.0 Å². The molecule has 138 valence electrons. The van der Waals surface area contributed by atoms with Crippen molar-refractivity contribution >= 4 is 51.0 Å². The average Bonchev–Trinajstić information content (AvgIpc) is 2.54. The van der Waals surface area contributed by atoms with Crippen molar-refractivity contribution in [2.45, 2.75) is 6.92 Å². The van der Waals surface area contributed by atoms with E-state index in [1.165, 1.54) is 6.21 Å². The Balaban J connectivity index is 2.12. The number of nitrogens with one attached hydrogen (secondary N) is 1. The Morgan fingerprint density at radius 3 is 2.38 bits per heavy atom. The monoisotopic (exact) mass is 413 g/mol. The standard InChI is InChI=1S/C17H17Cl2N3O3S/c1-12-5-3-6-13(9-12)22(26(2,24)25)11-17(23)21-20-10-14-15(18)7-4-8-16(14)19/h3-10H,11H2,1-2H3,(H,21,23)/b20-10-. The highest BCUT2D eigenvalue weighted by molar-refractivity contribution is 7.92. The lowest BCUT2D eigenvalue weighted by atomic mass is 10.2. The second kappa shape index (κ2) is 8.53. The van der Waals surface area contributed by atoms with E-state index in [-0.39, 0.29) is 0 Å². The number of aryl methyl sites for hydroxylation is 1. The van der Waals surface area contributed by atoms with Crippen molar-refractivity contribution in [2.75, 3.05) is 17.1 Å². The van der Waals surface area contributed by atoms with Gasteiger partial charge in [-0.1, -0.05) is 41.4 Å². The largest absolute Gasteiger partial charge is 0.271 e. The lowest BCUT2D eigenvalue weighted by Crippen LogP contribution is -2.39. The quantitative estimate of drug-likeness (QED) is 0.583. The second-order valence-electron chi connectivity index (χ2n) is 5.54. The molecular formula is C17H17Cl2N3O3S. The van der Waals surface area contributed by atoms with Gasteiger partial charge in [-0.05, 0) is 36.8 Å². The predicted octanol–water partition coefficient (Wildman–Crippen LogP) is 3.22. The zero-order chi connectivity index (χ0) is 19.3. The van der Waals surface area contributed by atoms with Gasteiger partial charge in [0.15, 0.2) is 0 Å². The normalized spacial score (nSPS) is 11.5. The topological polar surface area (TPSA) is 78.8 Å². The molecule has 0 fully saturated rings. The number of hydrogen-bond acceptors (Lipinski definition) is 4. The third kappa shape index (κ3) is 5.45. The van der Waals surface area contributed by atoms with Gasteiger partial charge < -0.3 is 0 Å². The van der Waals surface area contributed by atoms with Crippen molar-refractivity contribution in [2.24, 2.45) is 5.10 Å². The molecule has 0 radical (unpaired) electrons. The van der Waals surface area contributed by atoms with E-state index in [1.54, 1.807) is 36.4 Å². The van der Waals surface area contributed by atoms with Crippen molar-refractivity contribution in [3.05, 3.63) is 63.6 Å². The van der Waals surface area contributed by atoms with E-state index in [0.29, 0.717) is 21.3 Å². The fourth-order valence-corrected chi connectivity index (χ4v) is 3.50. The lowest BCUT2D eigenvalue weighted by molar-refractivity contribution is -0.119. The number of halogens is 2. The molecule has 1 N–H and O–H groups in total. The second-order valence-corrected chi connectivity index (χ2v) is 8.26. The molecule has 2 aromatic rings. The van der Waals surface area contributed by atoms with E-state index >= 15 is 0 Å². The van der Waals surface area contributed by atoms with Gasteiger partial charge in [-0.25, -0.2) is 13.8 Å². The molecule has 1 amide bonds. The minimum absolute atomic E-state index is 0.382. The summed E-state index contributed by atoms with van der Waals surface area (Å²) < 4.78 is 25.1. The summed E-state index contributed by atoms with van der Waals surface area (Å²) in [6, 6.07) is 11.8. The number of rotatable bonds is 6. The van der Waals surface area contributed by atoms with E-state index in [0.717, 1.165) is 16.1 Å². The Morgan fingerprint density at radius 2 is 1.81 bits per heavy atom. The highest BCUT2D eigenvalue weighted by atomic mass is 35.5. The summed E-state index contributed by atoms with van der Waals surface area (Å²) in [5.41, 5.74) is 4.01. The van der Waals surface area contributed by atoms with Gasteiger partial charge in [-0.15, -0.1) is 0 Å². The Bertz CT molecular complexity index is 926. The molecule has 6 nitrogen and oxygen atoms in total. The van der Waals surface area contributed by atoms with Crippen molar-refractivity contribution in [1.82, 2.24) is 5.43 Å². The Hall–Kier alpha value is -2.09. The average molecular weight is 414 g/mol. The number of carbonyl (C=O) groups is 1. The van der Waals surface area contributed by atoms with Crippen LogP contribution in [0.3, 0.4) is 0 Å². The van der Waals surface area contributed by atoms with Gasteiger partial charge in [-0.3, -0.25) is 9.10 Å². The summed E-state index contributed by atoms with van der Waals surface area (Å²) in [5.74, 6) is -0.601. The molecule has 0 bridgehead atoms. The van der Waals surface area contributed by atoms with Gasteiger partial charge in [0.2, 0.25) is 10.0 Å². The van der Waals surface area contributed by atoms with E-state index < -0.39 is 22.5 Å². The first-order valence-corrected chi connectivity index (χ1v) is 10.1. The van der Waals surface area contributed by atoms with Crippen LogP contribution in [0.4, 0.5) is 5.69 Å². The van der Waals surface area contributed by atoms with Crippen LogP contribution in [-0.4, -0.2) is 33.3 Å². The van der Waals surface area contributed by atoms with Crippen LogP contribution < -0.4 is 9.73 Å². The van der Waals surface area contributed by atoms with Crippen molar-refractivity contribution in [3.8, 4) is 0 Å². The van der Waals surface area contributed by atoms with Crippen LogP contribution in [0.2, 0.25) is 10.0 Å². The molecule has 0 aromatic heterocycles. The predicted molar refractivity (Wildman–Crippen MR) is 106 cm³/mol. The highest BCUT2D eigenvalue weighted by Crippen LogP contribution is 2.22. The lowest BCUT2D eigenvalue weighted by Gasteiger charge is -2.21. The minimum atomic E-state index is -3.64. The molecule has 0 saturated heterocycles. The summed E-state index contributed by atoms with van der Waals surface area (Å²) in [6.45, 7) is 1.43. The summed E-state index contributed by atoms with van der Waals surface area (Å²) in [4.78, 5) is 12.1. The number of hydrogen-bond donors (Lipinski definition) is 1. The minimum Gasteiger partial charge on any atom is -0.271 e. The molecule has 0 aliphatic rings. The van der Waals surface area contributed by atoms with Gasteiger partial charge in [0, 0.05) is 5.56 Å². The van der Waals surface area contributed by atoms with Gasteiger partial charge in [0.05, 0.1) is 28.2 Å². The van der Waals surface area contributed by atoms with Crippen molar-refractivity contribution < 1.29 is 13.2 Å². The fourth-order valence-electron chi connectivity index (χ4n) is 2.15. The van der Waals surface area contributed by atoms with Crippen LogP contribution in [-0.2, 0) is 14.8 Å². The van der Waals surface area contributed by atoms with Crippen LogP contribution in [0.1, 0.15) is 11.1 Å². The molecule has 9 heteroatoms. The molecule has 2 aromatic carbocycles. The molecule has 0 aliphatic heterocycles. The van der Waals surface area contributed by atoms with Gasteiger partial charge in [0.25, 0.3) is 5.91 Å². The fraction of sp³-hybridized carbons (Fsp3) is 0.176. The third-order valence-electron chi connectivity index (χ3n) is 3.36. The van der Waals surface area contributed by atoms with Crippen LogP contribution in [0.25, 0.3) is 0 Å². The molecule has 0 saturated carbocycles. The summed E-state index contributed by atoms with van der Waals surface area (Å²) in [6.07, 6.45) is 2.34. The van der Waals surface area contributed by atoms with Gasteiger partial charge >= 0.3 is 0 Å². The molecular weight excluding hydrogens is 397 g/mol. The number of hydrazone groups is 1. The van der Waals surface area contributed by atoms with E-state index in [4.69, 9.17) is 23.2 Å². The van der Waals surface area contributed by atoms with E-state index in [2.05, 4.69) is 10.5 Å². The van der Waals surface area contributed by atoms with Crippen molar-refractivity contribution in [3.63, 3.8) is 0 Å². The first kappa shape index (κ1) is 20.2. The number of carbonyl (C=O) groups excluding carboxylic acids is 1. The maximum Gasteiger partial charge on any atom is 0.260 e. The Labute approximate surface area is 162 Å². The molecule has 0 atom stereocenters. The molecule has 2 rings (SSSR count). The van der Waals surface area contributed by atoms with Crippen LogP contribution in [0, 0.1) is 6.92 Å². The van der Waals surface area contributed by atoms with Crippen LogP contribution in [0.5, 0.6) is 0 Å². The van der Waals surface area contributed by atoms with E-state index in [9.17, 15) is 13.2 Å². The number of nitrogens with zero attached hydrogens (tertiary/aromatic N) is 2. The highest BCUT2D eigenvalue weighted by Gasteiger charge is 2.20. The maximum absolute atomic E-state index is 12.1. The molecule has 26 heavy (non-hydrogen) atoms. The number of benzene rings is 2. The van der Waals surface area contributed by atoms with Crippen molar-refractivity contribution in [1.29, 1.82) is 0 Å². The summed E-state index contributed by atoms with van der Waals surface area (Å²) in [7, 11) is -3.64. The molecule has 0 unspecified atom stereocenters. The maximum atomic E-state index is 12.1. The Kier molecular flexibility index (Phi) is 6.63. The molecule has 0 heterocycles. The first-order chi connectivity index (χ1) is 12.2. The van der Waals surface area contributed by atoms with Crippen LogP contribution >= 0.6 is 23.2 Å². The first-order valence-electron chi connectivity index (χ1n) is 7.49. The SMILES string of the molecule is Cc1cccc(N(CC(=O)N/N=C\c2c(Cl)cccc2Cl)S(C)(=O)=O)c1. The number of sulfonamides is 1. The van der Waals surface area contributed by atoms with Gasteiger partial charge in [0.1, 0.15) is 6.54 Å². The Morgan fingerprint density at radius 1 is 1.19 bits per heavy atom. The van der Waals surface area contributed by atoms with Gasteiger partial charge in [-0.2, -0.15) is 5.10 Å². The zero-order valence-electron chi connectivity index (χ0n) is 14.1. The molecule has 0 aliphatic carbocycles. The molecule has 0 spiro atoms.